The zero-order chi connectivity index (χ0) is 21.8. The lowest BCUT2D eigenvalue weighted by atomic mass is 10.1. The molecule has 4 rings (SSSR count). The number of nitrogens with one attached hydrogen (secondary N) is 3. The summed E-state index contributed by atoms with van der Waals surface area (Å²) in [6.07, 6.45) is 1.52. The number of nitrogens with zero attached hydrogens (tertiary/aromatic N) is 2. The fourth-order valence-electron chi connectivity index (χ4n) is 3.41. The zero-order valence-corrected chi connectivity index (χ0v) is 16.6. The Morgan fingerprint density at radius 1 is 1.06 bits per heavy atom. The molecular formula is C21H21N5O5. The molecule has 1 fully saturated rings. The zero-order valence-electron chi connectivity index (χ0n) is 16.6. The van der Waals surface area contributed by atoms with Gasteiger partial charge in [0, 0.05) is 53.7 Å². The Bertz CT molecular complexity index is 1120. The molecule has 2 amide bonds. The van der Waals surface area contributed by atoms with E-state index in [4.69, 9.17) is 4.74 Å². The van der Waals surface area contributed by atoms with E-state index in [9.17, 15) is 19.7 Å². The van der Waals surface area contributed by atoms with E-state index in [2.05, 4.69) is 15.6 Å². The van der Waals surface area contributed by atoms with Crippen molar-refractivity contribution in [3.63, 3.8) is 0 Å². The quantitative estimate of drug-likeness (QED) is 0.413. The molecule has 0 unspecified atom stereocenters. The van der Waals surface area contributed by atoms with Crippen LogP contribution < -0.4 is 10.6 Å². The normalized spacial score (nSPS) is 14.3. The van der Waals surface area contributed by atoms with Crippen molar-refractivity contribution in [2.45, 2.75) is 0 Å². The number of anilines is 2. The number of ether oxygens (including phenoxy) is 1. The van der Waals surface area contributed by atoms with E-state index in [0.717, 1.165) is 13.1 Å². The van der Waals surface area contributed by atoms with Gasteiger partial charge < -0.3 is 20.4 Å². The van der Waals surface area contributed by atoms with Gasteiger partial charge >= 0.3 is 0 Å². The predicted octanol–water partition coefficient (Wildman–Crippen LogP) is 2.60. The highest BCUT2D eigenvalue weighted by molar-refractivity contribution is 6.13. The summed E-state index contributed by atoms with van der Waals surface area (Å²) in [5.41, 5.74) is 2.02. The van der Waals surface area contributed by atoms with E-state index in [-0.39, 0.29) is 11.6 Å². The Labute approximate surface area is 177 Å². The fraction of sp³-hybridized carbons (Fsp3) is 0.238. The van der Waals surface area contributed by atoms with Crippen molar-refractivity contribution in [1.82, 2.24) is 9.88 Å². The van der Waals surface area contributed by atoms with Crippen LogP contribution in [0.5, 0.6) is 0 Å². The van der Waals surface area contributed by atoms with Crippen molar-refractivity contribution in [1.29, 1.82) is 0 Å². The molecule has 2 aromatic carbocycles. The first-order chi connectivity index (χ1) is 15.0. The van der Waals surface area contributed by atoms with Crippen LogP contribution in [-0.4, -0.2) is 59.5 Å². The number of fused-ring (bicyclic) bond motifs is 1. The van der Waals surface area contributed by atoms with Crippen molar-refractivity contribution in [2.24, 2.45) is 0 Å². The molecule has 0 aliphatic carbocycles. The number of hydrogen-bond acceptors (Lipinski definition) is 6. The summed E-state index contributed by atoms with van der Waals surface area (Å²) in [5.74, 6) is -0.505. The van der Waals surface area contributed by atoms with Crippen LogP contribution in [0.15, 0.2) is 48.7 Å². The van der Waals surface area contributed by atoms with E-state index >= 15 is 0 Å². The molecule has 0 saturated carbocycles. The number of amides is 2. The second-order valence-electron chi connectivity index (χ2n) is 7.16. The number of morpholine rings is 1. The lowest BCUT2D eigenvalue weighted by Crippen LogP contribution is -2.41. The number of aromatic amines is 1. The number of rotatable bonds is 6. The summed E-state index contributed by atoms with van der Waals surface area (Å²) in [6, 6.07) is 11.1. The van der Waals surface area contributed by atoms with Crippen LogP contribution in [0.2, 0.25) is 0 Å². The highest BCUT2D eigenvalue weighted by atomic mass is 16.6. The average Bonchev–Trinajstić information content (AvgIpc) is 3.19. The number of non-ortho nitro benzene ring substituents is 1. The Morgan fingerprint density at radius 2 is 1.74 bits per heavy atom. The first kappa shape index (κ1) is 20.5. The van der Waals surface area contributed by atoms with Crippen LogP contribution in [0.25, 0.3) is 10.9 Å². The van der Waals surface area contributed by atoms with Gasteiger partial charge in [-0.3, -0.25) is 24.6 Å². The van der Waals surface area contributed by atoms with Gasteiger partial charge in [-0.2, -0.15) is 0 Å². The van der Waals surface area contributed by atoms with Crippen LogP contribution in [0.4, 0.5) is 17.1 Å². The molecular weight excluding hydrogens is 402 g/mol. The van der Waals surface area contributed by atoms with Crippen LogP contribution >= 0.6 is 0 Å². The van der Waals surface area contributed by atoms with Gasteiger partial charge in [0.25, 0.3) is 11.6 Å². The predicted molar refractivity (Wildman–Crippen MR) is 115 cm³/mol. The third-order valence-electron chi connectivity index (χ3n) is 5.02. The van der Waals surface area contributed by atoms with E-state index in [0.29, 0.717) is 47.6 Å². The number of carbonyl (C=O) groups is 2. The molecule has 0 spiro atoms. The summed E-state index contributed by atoms with van der Waals surface area (Å²) >= 11 is 0. The molecule has 10 nitrogen and oxygen atoms in total. The Morgan fingerprint density at radius 3 is 2.42 bits per heavy atom. The third-order valence-corrected chi connectivity index (χ3v) is 5.02. The SMILES string of the molecule is O=C(CN1CCOCC1)Nc1ccc(NC(=O)c2c[nH]c3ccc([N+](=O)[O-])cc23)cc1. The first-order valence-corrected chi connectivity index (χ1v) is 9.76. The molecule has 2 heterocycles. The minimum absolute atomic E-state index is 0.0849. The average molecular weight is 423 g/mol. The van der Waals surface area contributed by atoms with Gasteiger partial charge in [-0.25, -0.2) is 0 Å². The van der Waals surface area contributed by atoms with Crippen molar-refractivity contribution in [2.75, 3.05) is 43.5 Å². The summed E-state index contributed by atoms with van der Waals surface area (Å²) in [6.45, 7) is 3.02. The smallest absolute Gasteiger partial charge is 0.270 e. The Balaban J connectivity index is 1.39. The fourth-order valence-corrected chi connectivity index (χ4v) is 3.41. The molecule has 3 aromatic rings. The standard InChI is InChI=1S/C21H21N5O5/c27-20(13-25-7-9-31-10-8-25)23-14-1-3-15(4-2-14)24-21(28)18-12-22-19-6-5-16(26(29)30)11-17(18)19/h1-6,11-12,22H,7-10,13H2,(H,23,27)(H,24,28). The number of nitro benzene ring substituents is 1. The second-order valence-corrected chi connectivity index (χ2v) is 7.16. The van der Waals surface area contributed by atoms with E-state index in [1.54, 1.807) is 30.3 Å². The largest absolute Gasteiger partial charge is 0.379 e. The van der Waals surface area contributed by atoms with Crippen LogP contribution in [0.1, 0.15) is 10.4 Å². The Hall–Kier alpha value is -3.76. The van der Waals surface area contributed by atoms with Crippen LogP contribution in [-0.2, 0) is 9.53 Å². The van der Waals surface area contributed by atoms with Gasteiger partial charge in [-0.05, 0) is 30.3 Å². The Kier molecular flexibility index (Phi) is 5.92. The molecule has 1 aromatic heterocycles. The van der Waals surface area contributed by atoms with Gasteiger partial charge in [-0.1, -0.05) is 0 Å². The molecule has 10 heteroatoms. The van der Waals surface area contributed by atoms with Gasteiger partial charge in [0.1, 0.15) is 0 Å². The number of benzene rings is 2. The van der Waals surface area contributed by atoms with Gasteiger partial charge in [-0.15, -0.1) is 0 Å². The van der Waals surface area contributed by atoms with Crippen molar-refractivity contribution >= 4 is 39.8 Å². The van der Waals surface area contributed by atoms with Crippen molar-refractivity contribution in [3.05, 3.63) is 64.3 Å². The summed E-state index contributed by atoms with van der Waals surface area (Å²) in [5, 5.41) is 17.1. The summed E-state index contributed by atoms with van der Waals surface area (Å²) in [4.78, 5) is 40.3. The number of H-pyrrole nitrogens is 1. The number of carbonyl (C=O) groups excluding carboxylic acids is 2. The molecule has 31 heavy (non-hydrogen) atoms. The molecule has 1 aliphatic rings. The second kappa shape index (κ2) is 8.94. The van der Waals surface area contributed by atoms with Crippen LogP contribution in [0.3, 0.4) is 0 Å². The maximum atomic E-state index is 12.7. The third kappa shape index (κ3) is 4.87. The van der Waals surface area contributed by atoms with Crippen LogP contribution in [0, 0.1) is 10.1 Å². The van der Waals surface area contributed by atoms with E-state index in [1.807, 2.05) is 4.90 Å². The minimum atomic E-state index is -0.500. The topological polar surface area (TPSA) is 130 Å². The lowest BCUT2D eigenvalue weighted by Gasteiger charge is -2.25. The minimum Gasteiger partial charge on any atom is -0.379 e. The molecule has 3 N–H and O–H groups in total. The summed E-state index contributed by atoms with van der Waals surface area (Å²) in [7, 11) is 0. The monoisotopic (exact) mass is 423 g/mol. The lowest BCUT2D eigenvalue weighted by molar-refractivity contribution is -0.384. The maximum absolute atomic E-state index is 12.7. The molecule has 1 aliphatic heterocycles. The first-order valence-electron chi connectivity index (χ1n) is 9.76. The van der Waals surface area contributed by atoms with Crippen molar-refractivity contribution in [3.8, 4) is 0 Å². The number of nitro groups is 1. The molecule has 0 bridgehead atoms. The van der Waals surface area contributed by atoms with Gasteiger partial charge in [0.15, 0.2) is 0 Å². The van der Waals surface area contributed by atoms with Gasteiger partial charge in [0.05, 0.1) is 30.2 Å². The molecule has 160 valence electrons. The highest BCUT2D eigenvalue weighted by Crippen LogP contribution is 2.24. The molecule has 1 saturated heterocycles. The molecule has 0 atom stereocenters. The summed E-state index contributed by atoms with van der Waals surface area (Å²) < 4.78 is 5.27. The maximum Gasteiger partial charge on any atom is 0.270 e. The van der Waals surface area contributed by atoms with E-state index < -0.39 is 10.8 Å². The van der Waals surface area contributed by atoms with Crippen molar-refractivity contribution < 1.29 is 19.2 Å². The highest BCUT2D eigenvalue weighted by Gasteiger charge is 2.16. The number of aromatic nitrogens is 1. The van der Waals surface area contributed by atoms with Gasteiger partial charge in [0.2, 0.25) is 5.91 Å². The molecule has 0 radical (unpaired) electrons. The van der Waals surface area contributed by atoms with E-state index in [1.165, 1.54) is 18.3 Å². The number of hydrogen-bond donors (Lipinski definition) is 3.